The van der Waals surface area contributed by atoms with Crippen molar-refractivity contribution in [2.75, 3.05) is 36.4 Å². The number of amides is 1. The second kappa shape index (κ2) is 11.0. The molecule has 0 spiro atoms. The van der Waals surface area contributed by atoms with Crippen LogP contribution in [-0.4, -0.2) is 72.7 Å². The van der Waals surface area contributed by atoms with Gasteiger partial charge in [0, 0.05) is 51.0 Å². The second-order valence-electron chi connectivity index (χ2n) is 11.4. The molecule has 5 aromatic rings. The van der Waals surface area contributed by atoms with Gasteiger partial charge in [-0.05, 0) is 63.6 Å². The molecule has 1 aliphatic rings. The molecule has 1 aliphatic heterocycles. The van der Waals surface area contributed by atoms with E-state index in [4.69, 9.17) is 9.47 Å². The Hall–Kier alpha value is -5.07. The van der Waals surface area contributed by atoms with E-state index in [1.807, 2.05) is 76.0 Å². The second-order valence-corrected chi connectivity index (χ2v) is 11.4. The number of carbonyl (C=O) groups is 1. The van der Waals surface area contributed by atoms with Crippen LogP contribution in [0.4, 0.5) is 26.5 Å². The van der Waals surface area contributed by atoms with Gasteiger partial charge in [-0.2, -0.15) is 0 Å². The monoisotopic (exact) mass is 585 g/mol. The van der Waals surface area contributed by atoms with E-state index in [0.29, 0.717) is 54.5 Å². The molecule has 0 radical (unpaired) electrons. The van der Waals surface area contributed by atoms with Gasteiger partial charge in [-0.1, -0.05) is 5.21 Å². The van der Waals surface area contributed by atoms with E-state index in [2.05, 4.69) is 30.6 Å². The number of nitrogens with one attached hydrogen (secondary N) is 1. The number of pyridine rings is 1. The van der Waals surface area contributed by atoms with Crippen LogP contribution in [0.25, 0.3) is 22.1 Å². The van der Waals surface area contributed by atoms with E-state index in [1.54, 1.807) is 9.58 Å². The third kappa shape index (κ3) is 5.96. The lowest BCUT2D eigenvalue weighted by atomic mass is 10.2. The Balaban J connectivity index is 1.19. The number of anilines is 3. The number of nitrogens with zero attached hydrogens (tertiary/aromatic N) is 8. The summed E-state index contributed by atoms with van der Waals surface area (Å²) >= 11 is 0. The van der Waals surface area contributed by atoms with Gasteiger partial charge < -0.3 is 24.6 Å². The largest absolute Gasteiger partial charge is 0.457 e. The van der Waals surface area contributed by atoms with Crippen molar-refractivity contribution < 1.29 is 18.7 Å². The number of ether oxygens (including phenoxy) is 2. The maximum atomic E-state index is 15.2. The van der Waals surface area contributed by atoms with Crippen LogP contribution in [0.1, 0.15) is 26.3 Å². The zero-order valence-electron chi connectivity index (χ0n) is 24.6. The minimum atomic E-state index is -0.581. The lowest BCUT2D eigenvalue weighted by Gasteiger charge is -2.36. The van der Waals surface area contributed by atoms with Gasteiger partial charge in [0.2, 0.25) is 0 Å². The minimum absolute atomic E-state index is 0.189. The number of piperazine rings is 1. The van der Waals surface area contributed by atoms with Crippen molar-refractivity contribution in [1.82, 2.24) is 34.8 Å². The topological polar surface area (TPSA) is 123 Å². The lowest BCUT2D eigenvalue weighted by Crippen LogP contribution is -2.50. The van der Waals surface area contributed by atoms with Crippen LogP contribution in [0.5, 0.6) is 11.5 Å². The average Bonchev–Trinajstić information content (AvgIpc) is 3.33. The van der Waals surface area contributed by atoms with Crippen molar-refractivity contribution in [3.63, 3.8) is 0 Å². The van der Waals surface area contributed by atoms with E-state index in [0.717, 1.165) is 22.3 Å². The Morgan fingerprint density at radius 2 is 1.79 bits per heavy atom. The predicted octanol–water partition coefficient (Wildman–Crippen LogP) is 5.35. The number of aryl methyl sites for hydroxylation is 2. The third-order valence-electron chi connectivity index (χ3n) is 7.02. The number of hydrogen-bond acceptors (Lipinski definition) is 10. The number of fused-ring (bicyclic) bond motifs is 2. The number of rotatable bonds is 5. The summed E-state index contributed by atoms with van der Waals surface area (Å²) in [6, 6.07) is 12.7. The molecule has 0 saturated carbocycles. The first-order valence-electron chi connectivity index (χ1n) is 13.9. The predicted molar refractivity (Wildman–Crippen MR) is 160 cm³/mol. The molecule has 0 unspecified atom stereocenters. The first-order chi connectivity index (χ1) is 20.5. The number of benzene rings is 2. The molecule has 0 bridgehead atoms. The molecule has 13 heteroatoms. The molecule has 3 aromatic heterocycles. The van der Waals surface area contributed by atoms with Crippen LogP contribution in [0, 0.1) is 12.7 Å². The highest BCUT2D eigenvalue weighted by atomic mass is 19.1. The van der Waals surface area contributed by atoms with E-state index < -0.39 is 11.4 Å². The highest BCUT2D eigenvalue weighted by Gasteiger charge is 2.28. The molecule has 0 atom stereocenters. The van der Waals surface area contributed by atoms with Gasteiger partial charge >= 0.3 is 6.09 Å². The van der Waals surface area contributed by atoms with Crippen molar-refractivity contribution in [3.8, 4) is 11.5 Å². The Morgan fingerprint density at radius 3 is 2.53 bits per heavy atom. The molecule has 1 fully saturated rings. The minimum Gasteiger partial charge on any atom is -0.457 e. The van der Waals surface area contributed by atoms with Gasteiger partial charge in [-0.15, -0.1) is 5.10 Å². The maximum absolute atomic E-state index is 15.2. The molecule has 1 amide bonds. The van der Waals surface area contributed by atoms with E-state index in [-0.39, 0.29) is 11.9 Å². The third-order valence-corrected chi connectivity index (χ3v) is 7.02. The molecule has 2 aromatic carbocycles. The van der Waals surface area contributed by atoms with Crippen molar-refractivity contribution in [3.05, 3.63) is 60.2 Å². The van der Waals surface area contributed by atoms with E-state index >= 15 is 4.39 Å². The van der Waals surface area contributed by atoms with Crippen LogP contribution in [0.15, 0.2) is 48.8 Å². The quantitative estimate of drug-likeness (QED) is 0.289. The molecule has 222 valence electrons. The molecule has 4 heterocycles. The molecular formula is C30H32FN9O3. The van der Waals surface area contributed by atoms with Crippen LogP contribution in [0.2, 0.25) is 0 Å². The maximum Gasteiger partial charge on any atom is 0.410 e. The fraction of sp³-hybridized carbons (Fsp3) is 0.333. The number of carbonyl (C=O) groups excluding carboxylic acids is 1. The molecule has 43 heavy (non-hydrogen) atoms. The molecule has 12 nitrogen and oxygen atoms in total. The van der Waals surface area contributed by atoms with E-state index in [9.17, 15) is 4.79 Å². The zero-order chi connectivity index (χ0) is 30.3. The number of hydrogen-bond donors (Lipinski definition) is 1. The standard InChI is InChI=1S/C30H32FN9O3/c1-18-14-19(6-9-25(18)42-20-7-8-24-22(15-20)36-37-38(24)5)34-27-26-23(32-17-33-27)16-21(31)28(35-26)39-10-12-40(13-11-39)29(41)43-30(2,3)4/h6-9,14-17H,10-13H2,1-5H3,(H,32,33,34). The van der Waals surface area contributed by atoms with Gasteiger partial charge in [-0.3, -0.25) is 0 Å². The molecule has 1 N–H and O–H groups in total. The lowest BCUT2D eigenvalue weighted by molar-refractivity contribution is 0.0240. The fourth-order valence-corrected chi connectivity index (χ4v) is 4.88. The normalized spacial score (nSPS) is 13.9. The summed E-state index contributed by atoms with van der Waals surface area (Å²) in [4.78, 5) is 29.2. The van der Waals surface area contributed by atoms with Crippen LogP contribution < -0.4 is 15.0 Å². The van der Waals surface area contributed by atoms with Crippen molar-refractivity contribution in [2.45, 2.75) is 33.3 Å². The molecular weight excluding hydrogens is 553 g/mol. The van der Waals surface area contributed by atoms with Gasteiger partial charge in [-0.25, -0.2) is 28.8 Å². The SMILES string of the molecule is Cc1cc(Nc2ncnc3cc(F)c(N4CCN(C(=O)OC(C)(C)C)CC4)nc23)ccc1Oc1ccc2c(c1)nnn2C. The Bertz CT molecular complexity index is 1830. The Labute approximate surface area is 247 Å². The number of halogens is 1. The summed E-state index contributed by atoms with van der Waals surface area (Å²) in [6.45, 7) is 9.04. The van der Waals surface area contributed by atoms with Crippen molar-refractivity contribution in [2.24, 2.45) is 7.05 Å². The summed E-state index contributed by atoms with van der Waals surface area (Å²) in [6.07, 6.45) is 0.996. The van der Waals surface area contributed by atoms with Gasteiger partial charge in [0.25, 0.3) is 0 Å². The number of aromatic nitrogens is 6. The summed E-state index contributed by atoms with van der Waals surface area (Å²) in [5, 5.41) is 11.5. The molecule has 6 rings (SSSR count). The summed E-state index contributed by atoms with van der Waals surface area (Å²) in [7, 11) is 1.84. The van der Waals surface area contributed by atoms with Crippen LogP contribution in [0.3, 0.4) is 0 Å². The summed E-state index contributed by atoms with van der Waals surface area (Å²) < 4.78 is 28.5. The van der Waals surface area contributed by atoms with Gasteiger partial charge in [0.05, 0.1) is 11.0 Å². The van der Waals surface area contributed by atoms with Gasteiger partial charge in [0.15, 0.2) is 17.5 Å². The highest BCUT2D eigenvalue weighted by molar-refractivity contribution is 5.88. The van der Waals surface area contributed by atoms with Crippen molar-refractivity contribution in [1.29, 1.82) is 0 Å². The highest BCUT2D eigenvalue weighted by Crippen LogP contribution is 2.32. The molecule has 1 saturated heterocycles. The average molecular weight is 586 g/mol. The first-order valence-corrected chi connectivity index (χ1v) is 13.9. The van der Waals surface area contributed by atoms with Crippen molar-refractivity contribution >= 4 is 45.5 Å². The Kier molecular flexibility index (Phi) is 7.16. The zero-order valence-corrected chi connectivity index (χ0v) is 24.6. The first kappa shape index (κ1) is 28.1. The summed E-state index contributed by atoms with van der Waals surface area (Å²) in [5.41, 5.74) is 3.55. The van der Waals surface area contributed by atoms with E-state index in [1.165, 1.54) is 12.4 Å². The van der Waals surface area contributed by atoms with Gasteiger partial charge in [0.1, 0.15) is 34.5 Å². The van der Waals surface area contributed by atoms with Crippen LogP contribution >= 0.6 is 0 Å². The summed E-state index contributed by atoms with van der Waals surface area (Å²) in [5.74, 6) is 1.49. The fourth-order valence-electron chi connectivity index (χ4n) is 4.88. The molecule has 0 aliphatic carbocycles. The Morgan fingerprint density at radius 1 is 1.00 bits per heavy atom. The van der Waals surface area contributed by atoms with Crippen LogP contribution in [-0.2, 0) is 11.8 Å². The smallest absolute Gasteiger partial charge is 0.410 e.